The van der Waals surface area contributed by atoms with Gasteiger partial charge in [-0.05, 0) is 17.7 Å². The second kappa shape index (κ2) is 5.43. The number of aromatic nitrogens is 3. The molecule has 0 saturated carbocycles. The molecule has 20 heavy (non-hydrogen) atoms. The van der Waals surface area contributed by atoms with Crippen LogP contribution in [0.4, 0.5) is 14.7 Å². The van der Waals surface area contributed by atoms with Crippen molar-refractivity contribution >= 4 is 16.0 Å². The van der Waals surface area contributed by atoms with Gasteiger partial charge in [-0.25, -0.2) is 26.9 Å². The molecular formula is C10H9F2N5O2S. The summed E-state index contributed by atoms with van der Waals surface area (Å²) in [6.07, 6.45) is 2.42. The Balaban J connectivity index is 2.47. The lowest BCUT2D eigenvalue weighted by Crippen LogP contribution is -2.18. The fourth-order valence-electron chi connectivity index (χ4n) is 1.40. The van der Waals surface area contributed by atoms with Crippen LogP contribution in [0.2, 0.25) is 0 Å². The topological polar surface area (TPSA) is 111 Å². The number of sulfonamides is 1. The maximum absolute atomic E-state index is 13.6. The first-order valence-corrected chi connectivity index (χ1v) is 6.77. The second-order valence-electron chi connectivity index (χ2n) is 3.67. The summed E-state index contributed by atoms with van der Waals surface area (Å²) in [5.41, 5.74) is 5.43. The first-order chi connectivity index (χ1) is 9.44. The van der Waals surface area contributed by atoms with Crippen LogP contribution in [0.15, 0.2) is 29.4 Å². The molecule has 10 heteroatoms. The van der Waals surface area contributed by atoms with Gasteiger partial charge >= 0.3 is 0 Å². The quantitative estimate of drug-likeness (QED) is 0.846. The summed E-state index contributed by atoms with van der Waals surface area (Å²) in [6, 6.07) is 1.77. The molecule has 0 radical (unpaired) electrons. The van der Waals surface area contributed by atoms with E-state index in [0.29, 0.717) is 0 Å². The van der Waals surface area contributed by atoms with Gasteiger partial charge in [-0.15, -0.1) is 5.10 Å². The minimum Gasteiger partial charge on any atom is -0.326 e. The molecule has 1 aromatic heterocycles. The van der Waals surface area contributed by atoms with Gasteiger partial charge in [-0.1, -0.05) is 0 Å². The Labute approximate surface area is 112 Å². The molecule has 2 aromatic rings. The van der Waals surface area contributed by atoms with Gasteiger partial charge < -0.3 is 5.73 Å². The van der Waals surface area contributed by atoms with Crippen molar-refractivity contribution in [3.63, 3.8) is 0 Å². The van der Waals surface area contributed by atoms with Crippen molar-refractivity contribution in [2.75, 3.05) is 4.72 Å². The van der Waals surface area contributed by atoms with Crippen LogP contribution >= 0.6 is 0 Å². The monoisotopic (exact) mass is 301 g/mol. The highest BCUT2D eigenvalue weighted by Crippen LogP contribution is 2.21. The molecule has 0 bridgehead atoms. The first kappa shape index (κ1) is 14.2. The van der Waals surface area contributed by atoms with E-state index in [1.165, 1.54) is 12.4 Å². The summed E-state index contributed by atoms with van der Waals surface area (Å²) in [4.78, 5) is 2.71. The van der Waals surface area contributed by atoms with E-state index in [9.17, 15) is 17.2 Å². The summed E-state index contributed by atoms with van der Waals surface area (Å²) in [7, 11) is -4.38. The van der Waals surface area contributed by atoms with Crippen molar-refractivity contribution in [3.05, 3.63) is 41.7 Å². The summed E-state index contributed by atoms with van der Waals surface area (Å²) in [5, 5.41) is 6.80. The highest BCUT2D eigenvalue weighted by molar-refractivity contribution is 7.92. The third-order valence-electron chi connectivity index (χ3n) is 2.29. The molecule has 2 rings (SSSR count). The molecule has 0 aliphatic rings. The maximum atomic E-state index is 13.6. The van der Waals surface area contributed by atoms with Gasteiger partial charge in [0.2, 0.25) is 0 Å². The largest absolute Gasteiger partial charge is 0.326 e. The van der Waals surface area contributed by atoms with E-state index in [0.717, 1.165) is 12.1 Å². The van der Waals surface area contributed by atoms with Crippen molar-refractivity contribution in [1.29, 1.82) is 0 Å². The number of anilines is 1. The van der Waals surface area contributed by atoms with Crippen LogP contribution in [-0.2, 0) is 16.6 Å². The molecule has 1 heterocycles. The molecule has 0 unspecified atom stereocenters. The first-order valence-electron chi connectivity index (χ1n) is 5.28. The lowest BCUT2D eigenvalue weighted by molar-refractivity contribution is 0.483. The van der Waals surface area contributed by atoms with Gasteiger partial charge in [0.1, 0.15) is 4.90 Å². The van der Waals surface area contributed by atoms with E-state index >= 15 is 0 Å². The Morgan fingerprint density at radius 1 is 1.25 bits per heavy atom. The van der Waals surface area contributed by atoms with Gasteiger partial charge in [0.05, 0.1) is 12.4 Å². The lowest BCUT2D eigenvalue weighted by atomic mass is 10.2. The minimum atomic E-state index is -4.38. The summed E-state index contributed by atoms with van der Waals surface area (Å²) in [5.74, 6) is -3.16. The van der Waals surface area contributed by atoms with E-state index in [2.05, 4.69) is 15.2 Å². The molecular weight excluding hydrogens is 292 g/mol. The average Bonchev–Trinajstić information content (AvgIpc) is 2.42. The fraction of sp³-hybridized carbons (Fsp3) is 0.100. The number of halogens is 2. The molecule has 0 aliphatic carbocycles. The van der Waals surface area contributed by atoms with E-state index in [1.54, 1.807) is 0 Å². The van der Waals surface area contributed by atoms with Gasteiger partial charge in [-0.2, -0.15) is 5.10 Å². The van der Waals surface area contributed by atoms with E-state index in [-0.39, 0.29) is 18.1 Å². The highest BCUT2D eigenvalue weighted by atomic mass is 32.2. The van der Waals surface area contributed by atoms with Gasteiger partial charge in [0.15, 0.2) is 11.6 Å². The molecule has 0 amide bonds. The average molecular weight is 301 g/mol. The zero-order chi connectivity index (χ0) is 14.8. The van der Waals surface area contributed by atoms with Crippen LogP contribution in [0, 0.1) is 11.6 Å². The zero-order valence-electron chi connectivity index (χ0n) is 9.92. The van der Waals surface area contributed by atoms with Crippen molar-refractivity contribution in [1.82, 2.24) is 15.2 Å². The molecule has 0 fully saturated rings. The van der Waals surface area contributed by atoms with Crippen molar-refractivity contribution in [2.45, 2.75) is 11.4 Å². The summed E-state index contributed by atoms with van der Waals surface area (Å²) >= 11 is 0. The number of rotatable bonds is 4. The van der Waals surface area contributed by atoms with Gasteiger partial charge in [0.25, 0.3) is 16.0 Å². The molecule has 106 valence electrons. The lowest BCUT2D eigenvalue weighted by Gasteiger charge is -2.09. The Hall–Kier alpha value is -2.20. The Kier molecular flexibility index (Phi) is 3.86. The molecule has 0 saturated heterocycles. The van der Waals surface area contributed by atoms with E-state index in [1.807, 2.05) is 4.72 Å². The van der Waals surface area contributed by atoms with Crippen molar-refractivity contribution in [2.24, 2.45) is 5.73 Å². The third kappa shape index (κ3) is 2.86. The molecule has 0 aliphatic heterocycles. The SMILES string of the molecule is NCc1cc(F)c(F)c(S(=O)(=O)Nc2nccnn2)c1. The van der Waals surface area contributed by atoms with Gasteiger partial charge in [-0.3, -0.25) is 0 Å². The second-order valence-corrected chi connectivity index (χ2v) is 5.32. The highest BCUT2D eigenvalue weighted by Gasteiger charge is 2.23. The Morgan fingerprint density at radius 3 is 2.60 bits per heavy atom. The van der Waals surface area contributed by atoms with Crippen LogP contribution in [-0.4, -0.2) is 23.6 Å². The summed E-state index contributed by atoms with van der Waals surface area (Å²) in [6.45, 7) is -0.136. The predicted octanol–water partition coefficient (Wildman–Crippen LogP) is 0.409. The normalized spacial score (nSPS) is 11.3. The molecule has 0 spiro atoms. The van der Waals surface area contributed by atoms with E-state index < -0.39 is 26.6 Å². The minimum absolute atomic E-state index is 0.136. The van der Waals surface area contributed by atoms with Crippen molar-refractivity contribution < 1.29 is 17.2 Å². The molecule has 7 nitrogen and oxygen atoms in total. The molecule has 0 atom stereocenters. The zero-order valence-corrected chi connectivity index (χ0v) is 10.7. The van der Waals surface area contributed by atoms with Crippen LogP contribution < -0.4 is 10.5 Å². The number of benzene rings is 1. The Morgan fingerprint density at radius 2 is 2.00 bits per heavy atom. The molecule has 1 aromatic carbocycles. The third-order valence-corrected chi connectivity index (χ3v) is 3.62. The number of nitrogens with zero attached hydrogens (tertiary/aromatic N) is 3. The van der Waals surface area contributed by atoms with Crippen LogP contribution in [0.25, 0.3) is 0 Å². The van der Waals surface area contributed by atoms with Crippen LogP contribution in [0.5, 0.6) is 0 Å². The number of hydrogen-bond donors (Lipinski definition) is 2. The smallest absolute Gasteiger partial charge is 0.267 e. The number of nitrogens with one attached hydrogen (secondary N) is 1. The van der Waals surface area contributed by atoms with Gasteiger partial charge in [0, 0.05) is 6.54 Å². The molecule has 3 N–H and O–H groups in total. The standard InChI is InChI=1S/C10H9F2N5O2S/c11-7-3-6(5-13)4-8(9(7)12)20(18,19)17-10-14-1-2-15-16-10/h1-4H,5,13H2,(H,14,16,17). The summed E-state index contributed by atoms with van der Waals surface area (Å²) < 4.78 is 52.8. The van der Waals surface area contributed by atoms with E-state index in [4.69, 9.17) is 5.73 Å². The number of hydrogen-bond acceptors (Lipinski definition) is 6. The Bertz CT molecular complexity index is 724. The van der Waals surface area contributed by atoms with Crippen LogP contribution in [0.1, 0.15) is 5.56 Å². The predicted molar refractivity (Wildman–Crippen MR) is 64.9 cm³/mol. The van der Waals surface area contributed by atoms with Crippen LogP contribution in [0.3, 0.4) is 0 Å². The maximum Gasteiger partial charge on any atom is 0.267 e. The number of nitrogens with two attached hydrogens (primary N) is 1. The fourth-order valence-corrected chi connectivity index (χ4v) is 2.48. The van der Waals surface area contributed by atoms with Crippen molar-refractivity contribution in [3.8, 4) is 0 Å².